The minimum Gasteiger partial charge on any atom is -0.346 e. The third-order valence-corrected chi connectivity index (χ3v) is 2.38. The van der Waals surface area contributed by atoms with Gasteiger partial charge in [0.05, 0.1) is 14.3 Å². The first-order chi connectivity index (χ1) is 8.29. The molecule has 0 aliphatic rings. The molecule has 0 aliphatic heterocycles. The van der Waals surface area contributed by atoms with Crippen molar-refractivity contribution >= 4 is 20.9 Å². The van der Waals surface area contributed by atoms with Gasteiger partial charge in [0.25, 0.3) is 5.91 Å². The molecule has 1 heterocycles. The van der Waals surface area contributed by atoms with E-state index < -0.39 is 0 Å². The van der Waals surface area contributed by atoms with Crippen LogP contribution in [0.1, 0.15) is 16.1 Å². The van der Waals surface area contributed by atoms with Crippen molar-refractivity contribution in [1.29, 1.82) is 0 Å². The maximum absolute atomic E-state index is 11.7. The summed E-state index contributed by atoms with van der Waals surface area (Å²) in [6, 6.07) is 9.10. The Hall–Kier alpha value is -2.04. The number of carbonyl (C=O) groups is 1. The number of benzene rings is 1. The number of amides is 1. The fourth-order valence-electron chi connectivity index (χ4n) is 1.44. The lowest BCUT2D eigenvalue weighted by Gasteiger charge is -2.02. The minimum absolute atomic E-state index is 0.100. The molecule has 1 aromatic heterocycles. The van der Waals surface area contributed by atoms with Crippen LogP contribution in [0.3, 0.4) is 0 Å². The summed E-state index contributed by atoms with van der Waals surface area (Å²) in [5.41, 5.74) is 1.41. The third-order valence-electron chi connectivity index (χ3n) is 2.38. The quantitative estimate of drug-likeness (QED) is 0.677. The summed E-state index contributed by atoms with van der Waals surface area (Å²) in [6.45, 7) is 0.397. The van der Waals surface area contributed by atoms with Gasteiger partial charge in [0.15, 0.2) is 0 Å². The van der Waals surface area contributed by atoms with Crippen LogP contribution in [0.25, 0.3) is 0 Å². The lowest BCUT2D eigenvalue weighted by Crippen LogP contribution is -2.22. The van der Waals surface area contributed by atoms with E-state index >= 15 is 0 Å². The predicted molar refractivity (Wildman–Crippen MR) is 68.7 cm³/mol. The van der Waals surface area contributed by atoms with Gasteiger partial charge in [-0.3, -0.25) is 4.79 Å². The summed E-state index contributed by atoms with van der Waals surface area (Å²) < 4.78 is 1.73. The Balaban J connectivity index is 1.92. The molecule has 1 amide bonds. The monoisotopic (exact) mass is 226 g/mol. The Morgan fingerprint density at radius 2 is 2.18 bits per heavy atom. The standard InChI is InChI=1S/C10H12B2N4O/c11-12-16-7-9(14-15-16)6-13-10(17)8-4-2-1-3-5-8/h1-5,7,12H,6,11H2,(H,13,17). The molecule has 0 saturated heterocycles. The second kappa shape index (κ2) is 5.34. The van der Waals surface area contributed by atoms with Crippen LogP contribution in [-0.2, 0) is 6.54 Å². The molecule has 1 aromatic carbocycles. The van der Waals surface area contributed by atoms with Crippen LogP contribution in [0, 0.1) is 0 Å². The fourth-order valence-corrected chi connectivity index (χ4v) is 1.44. The van der Waals surface area contributed by atoms with E-state index in [1.165, 1.54) is 0 Å². The fraction of sp³-hybridized carbons (Fsp3) is 0.100. The van der Waals surface area contributed by atoms with Crippen molar-refractivity contribution in [3.8, 4) is 0 Å². The first kappa shape index (κ1) is 11.4. The van der Waals surface area contributed by atoms with E-state index in [0.717, 1.165) is 13.0 Å². The van der Waals surface area contributed by atoms with E-state index in [1.807, 2.05) is 32.1 Å². The Bertz CT molecular complexity index is 500. The second-order valence-corrected chi connectivity index (χ2v) is 3.61. The van der Waals surface area contributed by atoms with Crippen LogP contribution in [0.15, 0.2) is 36.5 Å². The molecule has 0 bridgehead atoms. The molecule has 0 atom stereocenters. The summed E-state index contributed by atoms with van der Waals surface area (Å²) in [5.74, 6) is -0.100. The lowest BCUT2D eigenvalue weighted by molar-refractivity contribution is 0.0950. The average Bonchev–Trinajstić information content (AvgIpc) is 2.85. The van der Waals surface area contributed by atoms with Gasteiger partial charge in [-0.15, -0.1) is 5.10 Å². The largest absolute Gasteiger partial charge is 0.346 e. The Labute approximate surface area is 101 Å². The smallest absolute Gasteiger partial charge is 0.251 e. The van der Waals surface area contributed by atoms with Crippen LogP contribution in [0.2, 0.25) is 0 Å². The van der Waals surface area contributed by atoms with Crippen molar-refractivity contribution < 1.29 is 4.79 Å². The highest BCUT2D eigenvalue weighted by Gasteiger charge is 2.05. The number of carbonyl (C=O) groups excluding carboxylic acids is 1. The van der Waals surface area contributed by atoms with Gasteiger partial charge in [-0.1, -0.05) is 23.4 Å². The number of hydrogen-bond acceptors (Lipinski definition) is 3. The van der Waals surface area contributed by atoms with Gasteiger partial charge in [-0.2, -0.15) is 0 Å². The highest BCUT2D eigenvalue weighted by atomic mass is 16.1. The maximum atomic E-state index is 11.7. The summed E-state index contributed by atoms with van der Waals surface area (Å²) in [4.78, 5) is 11.7. The average molecular weight is 226 g/mol. The molecule has 0 saturated carbocycles. The van der Waals surface area contributed by atoms with Crippen LogP contribution < -0.4 is 5.32 Å². The zero-order valence-electron chi connectivity index (χ0n) is 9.63. The molecule has 84 valence electrons. The molecule has 5 nitrogen and oxygen atoms in total. The van der Waals surface area contributed by atoms with E-state index in [9.17, 15) is 4.79 Å². The second-order valence-electron chi connectivity index (χ2n) is 3.61. The lowest BCUT2D eigenvalue weighted by atomic mass is 9.67. The number of aromatic nitrogens is 3. The van der Waals surface area contributed by atoms with E-state index in [4.69, 9.17) is 0 Å². The molecule has 0 fully saturated rings. The summed E-state index contributed by atoms with van der Waals surface area (Å²) in [6.07, 6.45) is 1.82. The summed E-state index contributed by atoms with van der Waals surface area (Å²) in [5, 5.41) is 10.6. The Kier molecular flexibility index (Phi) is 3.59. The van der Waals surface area contributed by atoms with Gasteiger partial charge >= 0.3 is 0 Å². The van der Waals surface area contributed by atoms with Crippen LogP contribution >= 0.6 is 0 Å². The SMILES string of the molecule is BBn1cc(CNC(=O)c2ccccc2)nn1. The topological polar surface area (TPSA) is 59.8 Å². The van der Waals surface area contributed by atoms with Gasteiger partial charge in [0.1, 0.15) is 5.69 Å². The van der Waals surface area contributed by atoms with Gasteiger partial charge in [-0.25, -0.2) is 0 Å². The first-order valence-corrected chi connectivity index (χ1v) is 5.52. The van der Waals surface area contributed by atoms with Crippen LogP contribution in [0.5, 0.6) is 0 Å². The zero-order chi connectivity index (χ0) is 12.1. The molecule has 1 N–H and O–H groups in total. The highest BCUT2D eigenvalue weighted by molar-refractivity contribution is 6.88. The van der Waals surface area contributed by atoms with Crippen molar-refractivity contribution in [2.24, 2.45) is 0 Å². The molecule has 0 unspecified atom stereocenters. The Morgan fingerprint density at radius 3 is 2.82 bits per heavy atom. The number of hydrogen-bond donors (Lipinski definition) is 1. The van der Waals surface area contributed by atoms with Crippen molar-refractivity contribution in [2.45, 2.75) is 6.54 Å². The number of rotatable bonds is 4. The first-order valence-electron chi connectivity index (χ1n) is 5.52. The normalized spacial score (nSPS) is 9.88. The van der Waals surface area contributed by atoms with E-state index in [1.54, 1.807) is 16.7 Å². The van der Waals surface area contributed by atoms with Gasteiger partial charge in [0.2, 0.25) is 7.31 Å². The Morgan fingerprint density at radius 1 is 1.41 bits per heavy atom. The molecular formula is C10H12B2N4O. The molecule has 0 radical (unpaired) electrons. The summed E-state index contributed by atoms with van der Waals surface area (Å²) in [7, 11) is 2.76. The number of nitrogens with zero attached hydrogens (tertiary/aromatic N) is 3. The zero-order valence-corrected chi connectivity index (χ0v) is 9.63. The van der Waals surface area contributed by atoms with E-state index in [-0.39, 0.29) is 5.91 Å². The predicted octanol–water partition coefficient (Wildman–Crippen LogP) is -1.04. The molecule has 7 heteroatoms. The van der Waals surface area contributed by atoms with Gasteiger partial charge < -0.3 is 9.91 Å². The molecule has 2 aromatic rings. The maximum Gasteiger partial charge on any atom is 0.251 e. The van der Waals surface area contributed by atoms with Crippen LogP contribution in [0.4, 0.5) is 0 Å². The van der Waals surface area contributed by atoms with Crippen molar-refractivity contribution in [2.75, 3.05) is 0 Å². The van der Waals surface area contributed by atoms with Crippen molar-refractivity contribution in [1.82, 2.24) is 20.2 Å². The van der Waals surface area contributed by atoms with E-state index in [2.05, 4.69) is 15.6 Å². The van der Waals surface area contributed by atoms with Crippen molar-refractivity contribution in [3.05, 3.63) is 47.8 Å². The summed E-state index contributed by atoms with van der Waals surface area (Å²) >= 11 is 0. The van der Waals surface area contributed by atoms with E-state index in [0.29, 0.717) is 12.1 Å². The van der Waals surface area contributed by atoms with Gasteiger partial charge in [-0.05, 0) is 12.1 Å². The van der Waals surface area contributed by atoms with Crippen LogP contribution in [-0.4, -0.2) is 35.9 Å². The molecule has 0 spiro atoms. The third kappa shape index (κ3) is 2.96. The molecular weight excluding hydrogens is 214 g/mol. The molecule has 17 heavy (non-hydrogen) atoms. The minimum atomic E-state index is -0.100. The van der Waals surface area contributed by atoms with Crippen molar-refractivity contribution in [3.63, 3.8) is 0 Å². The molecule has 0 aliphatic carbocycles. The van der Waals surface area contributed by atoms with Gasteiger partial charge in [0, 0.05) is 11.8 Å². The highest BCUT2D eigenvalue weighted by Crippen LogP contribution is 1.99. The number of nitrogens with one attached hydrogen (secondary N) is 1. The molecule has 2 rings (SSSR count).